The van der Waals surface area contributed by atoms with Crippen molar-refractivity contribution < 1.29 is 8.78 Å². The summed E-state index contributed by atoms with van der Waals surface area (Å²) in [4.78, 5) is 5.17. The zero-order valence-corrected chi connectivity index (χ0v) is 17.4. The highest BCUT2D eigenvalue weighted by Crippen LogP contribution is 2.41. The molecule has 0 radical (unpaired) electrons. The van der Waals surface area contributed by atoms with E-state index in [4.69, 9.17) is 0 Å². The number of nitrogens with zero attached hydrogens (tertiary/aromatic N) is 1. The van der Waals surface area contributed by atoms with Crippen LogP contribution in [0.1, 0.15) is 25.3 Å². The Kier molecular flexibility index (Phi) is 4.59. The molecule has 3 aromatic carbocycles. The van der Waals surface area contributed by atoms with Gasteiger partial charge in [-0.25, -0.2) is 8.78 Å². The van der Waals surface area contributed by atoms with E-state index in [0.717, 1.165) is 32.1 Å². The molecule has 0 spiro atoms. The number of benzene rings is 3. The van der Waals surface area contributed by atoms with Crippen molar-refractivity contribution in [1.29, 1.82) is 0 Å². The van der Waals surface area contributed by atoms with E-state index in [9.17, 15) is 8.78 Å². The van der Waals surface area contributed by atoms with Gasteiger partial charge in [0.05, 0.1) is 16.0 Å². The Morgan fingerprint density at radius 3 is 2.27 bits per heavy atom. The highest BCUT2D eigenvalue weighted by Gasteiger charge is 2.18. The van der Waals surface area contributed by atoms with E-state index >= 15 is 0 Å². The lowest BCUT2D eigenvalue weighted by Gasteiger charge is -2.09. The molecule has 2 heterocycles. The maximum Gasteiger partial charge on any atom is 0.135 e. The number of halogens is 2. The maximum atomic E-state index is 14.8. The average molecular weight is 416 g/mol. The molecule has 0 aliphatic heterocycles. The molecule has 0 bridgehead atoms. The standard InChI is InChI=1S/C26H19F2NS/c1-15(2)20-12-21(27)24(22(28)13-20)23-14-19-9-10-29-25(26(19)30-23)18-8-7-16-5-3-4-6-17(16)11-18/h3-15H,1-2H3. The van der Waals surface area contributed by atoms with Crippen molar-refractivity contribution in [1.82, 2.24) is 4.98 Å². The Hall–Kier alpha value is -3.11. The summed E-state index contributed by atoms with van der Waals surface area (Å²) in [5, 5.41) is 3.22. The van der Waals surface area contributed by atoms with Gasteiger partial charge in [0.1, 0.15) is 11.6 Å². The predicted octanol–water partition coefficient (Wildman–Crippen LogP) is 8.19. The third kappa shape index (κ3) is 3.17. The molecular formula is C26H19F2NS. The number of hydrogen-bond acceptors (Lipinski definition) is 2. The van der Waals surface area contributed by atoms with Gasteiger partial charge in [-0.3, -0.25) is 4.98 Å². The molecular weight excluding hydrogens is 396 g/mol. The molecule has 0 aliphatic rings. The second-order valence-corrected chi connectivity index (χ2v) is 8.82. The number of pyridine rings is 1. The monoisotopic (exact) mass is 415 g/mol. The average Bonchev–Trinajstić information content (AvgIpc) is 3.16. The summed E-state index contributed by atoms with van der Waals surface area (Å²) in [6, 6.07) is 21.0. The second kappa shape index (κ2) is 7.29. The van der Waals surface area contributed by atoms with Gasteiger partial charge in [0.15, 0.2) is 0 Å². The Bertz CT molecular complexity index is 1380. The van der Waals surface area contributed by atoms with E-state index in [1.165, 1.54) is 23.5 Å². The molecule has 0 saturated carbocycles. The molecule has 1 nitrogen and oxygen atoms in total. The van der Waals surface area contributed by atoms with Crippen molar-refractivity contribution in [3.8, 4) is 21.7 Å². The molecule has 0 fully saturated rings. The Balaban J connectivity index is 1.68. The van der Waals surface area contributed by atoms with Crippen LogP contribution in [0.5, 0.6) is 0 Å². The molecule has 0 amide bonds. The van der Waals surface area contributed by atoms with Crippen LogP contribution in [0.4, 0.5) is 8.78 Å². The molecule has 2 aromatic heterocycles. The van der Waals surface area contributed by atoms with E-state index < -0.39 is 11.6 Å². The van der Waals surface area contributed by atoms with Crippen LogP contribution in [0.3, 0.4) is 0 Å². The van der Waals surface area contributed by atoms with Gasteiger partial charge in [0.2, 0.25) is 0 Å². The predicted molar refractivity (Wildman–Crippen MR) is 122 cm³/mol. The van der Waals surface area contributed by atoms with Crippen LogP contribution in [0.15, 0.2) is 72.9 Å². The van der Waals surface area contributed by atoms with Gasteiger partial charge < -0.3 is 0 Å². The summed E-state index contributed by atoms with van der Waals surface area (Å²) in [7, 11) is 0. The summed E-state index contributed by atoms with van der Waals surface area (Å²) < 4.78 is 30.6. The topological polar surface area (TPSA) is 12.9 Å². The summed E-state index contributed by atoms with van der Waals surface area (Å²) >= 11 is 1.38. The molecule has 0 atom stereocenters. The second-order valence-electron chi connectivity index (χ2n) is 7.76. The minimum Gasteiger partial charge on any atom is -0.255 e. The molecule has 5 rings (SSSR count). The lowest BCUT2D eigenvalue weighted by Crippen LogP contribution is -1.95. The number of hydrogen-bond donors (Lipinski definition) is 0. The molecule has 0 N–H and O–H groups in total. The first-order valence-corrected chi connectivity index (χ1v) is 10.7. The minimum absolute atomic E-state index is 0.0325. The molecule has 148 valence electrons. The molecule has 5 aromatic rings. The van der Waals surface area contributed by atoms with Gasteiger partial charge in [-0.05, 0) is 58.0 Å². The van der Waals surface area contributed by atoms with Crippen molar-refractivity contribution in [3.63, 3.8) is 0 Å². The summed E-state index contributed by atoms with van der Waals surface area (Å²) in [5.41, 5.74) is 2.51. The first-order valence-electron chi connectivity index (χ1n) is 9.88. The van der Waals surface area contributed by atoms with Crippen LogP contribution in [-0.2, 0) is 0 Å². The van der Waals surface area contributed by atoms with Crippen LogP contribution >= 0.6 is 11.3 Å². The molecule has 4 heteroatoms. The van der Waals surface area contributed by atoms with Crippen molar-refractivity contribution in [2.45, 2.75) is 19.8 Å². The zero-order valence-electron chi connectivity index (χ0n) is 16.6. The van der Waals surface area contributed by atoms with Gasteiger partial charge in [0.25, 0.3) is 0 Å². The lowest BCUT2D eigenvalue weighted by molar-refractivity contribution is 0.584. The van der Waals surface area contributed by atoms with E-state index in [1.807, 2.05) is 44.2 Å². The number of rotatable bonds is 3. The fraction of sp³-hybridized carbons (Fsp3) is 0.115. The quantitative estimate of drug-likeness (QED) is 0.289. The van der Waals surface area contributed by atoms with Crippen LogP contribution in [0.2, 0.25) is 0 Å². The molecule has 0 saturated heterocycles. The largest absolute Gasteiger partial charge is 0.255 e. The summed E-state index contributed by atoms with van der Waals surface area (Å²) in [5.74, 6) is -0.981. The maximum absolute atomic E-state index is 14.8. The highest BCUT2D eigenvalue weighted by atomic mass is 32.1. The smallest absolute Gasteiger partial charge is 0.135 e. The number of aromatic nitrogens is 1. The van der Waals surface area contributed by atoms with Crippen molar-refractivity contribution in [3.05, 3.63) is 90.1 Å². The zero-order chi connectivity index (χ0) is 20.8. The van der Waals surface area contributed by atoms with Gasteiger partial charge in [-0.1, -0.05) is 50.2 Å². The van der Waals surface area contributed by atoms with Gasteiger partial charge in [-0.15, -0.1) is 11.3 Å². The summed E-state index contributed by atoms with van der Waals surface area (Å²) in [6.07, 6.45) is 1.75. The Morgan fingerprint density at radius 2 is 1.53 bits per heavy atom. The first kappa shape index (κ1) is 18.9. The molecule has 0 aliphatic carbocycles. The fourth-order valence-electron chi connectivity index (χ4n) is 3.79. The van der Waals surface area contributed by atoms with Gasteiger partial charge in [0, 0.05) is 16.6 Å². The first-order chi connectivity index (χ1) is 14.5. The fourth-order valence-corrected chi connectivity index (χ4v) is 5.01. The van der Waals surface area contributed by atoms with Crippen molar-refractivity contribution >= 4 is 32.2 Å². The Labute approximate surface area is 177 Å². The minimum atomic E-state index is -0.523. The van der Waals surface area contributed by atoms with Crippen LogP contribution in [0.25, 0.3) is 42.6 Å². The van der Waals surface area contributed by atoms with Crippen molar-refractivity contribution in [2.24, 2.45) is 0 Å². The van der Waals surface area contributed by atoms with E-state index in [2.05, 4.69) is 29.2 Å². The normalized spacial score (nSPS) is 11.6. The molecule has 0 unspecified atom stereocenters. The van der Waals surface area contributed by atoms with Crippen molar-refractivity contribution in [2.75, 3.05) is 0 Å². The van der Waals surface area contributed by atoms with E-state index in [-0.39, 0.29) is 11.5 Å². The SMILES string of the molecule is CC(C)c1cc(F)c(-c2cc3ccnc(-c4ccc5ccccc5c4)c3s2)c(F)c1. The van der Waals surface area contributed by atoms with Crippen LogP contribution in [0, 0.1) is 11.6 Å². The van der Waals surface area contributed by atoms with Crippen LogP contribution < -0.4 is 0 Å². The summed E-state index contributed by atoms with van der Waals surface area (Å²) in [6.45, 7) is 3.85. The number of thiophene rings is 1. The van der Waals surface area contributed by atoms with Gasteiger partial charge >= 0.3 is 0 Å². The lowest BCUT2D eigenvalue weighted by atomic mass is 10.00. The van der Waals surface area contributed by atoms with E-state index in [1.54, 1.807) is 6.20 Å². The molecule has 30 heavy (non-hydrogen) atoms. The number of fused-ring (bicyclic) bond motifs is 2. The van der Waals surface area contributed by atoms with E-state index in [0.29, 0.717) is 10.4 Å². The Morgan fingerprint density at radius 1 is 0.800 bits per heavy atom. The third-order valence-electron chi connectivity index (χ3n) is 5.43. The van der Waals surface area contributed by atoms with Crippen LogP contribution in [-0.4, -0.2) is 4.98 Å². The third-order valence-corrected chi connectivity index (χ3v) is 6.61. The van der Waals surface area contributed by atoms with Gasteiger partial charge in [-0.2, -0.15) is 0 Å². The highest BCUT2D eigenvalue weighted by molar-refractivity contribution is 7.22.